The molecule has 0 saturated heterocycles. The van der Waals surface area contributed by atoms with Gasteiger partial charge in [-0.1, -0.05) is 55.0 Å². The predicted octanol–water partition coefficient (Wildman–Crippen LogP) is 6.40. The van der Waals surface area contributed by atoms with Crippen molar-refractivity contribution in [2.75, 3.05) is 0 Å². The second-order valence-corrected chi connectivity index (χ2v) is 7.20. The number of nitrogens with zero attached hydrogens (tertiary/aromatic N) is 2. The molecule has 1 aliphatic rings. The van der Waals surface area contributed by atoms with Crippen LogP contribution in [0.1, 0.15) is 38.4 Å². The zero-order valence-corrected chi connectivity index (χ0v) is 17.2. The van der Waals surface area contributed by atoms with Gasteiger partial charge in [0.25, 0.3) is 0 Å². The molecule has 0 spiro atoms. The molecule has 0 saturated carbocycles. The van der Waals surface area contributed by atoms with Gasteiger partial charge < -0.3 is 4.48 Å². The Bertz CT molecular complexity index is 1150. The van der Waals surface area contributed by atoms with Crippen molar-refractivity contribution in [1.29, 1.82) is 0 Å². The summed E-state index contributed by atoms with van der Waals surface area (Å²) < 4.78 is 1.81. The van der Waals surface area contributed by atoms with Crippen molar-refractivity contribution in [3.05, 3.63) is 76.6 Å². The normalized spacial score (nSPS) is 14.8. The fraction of sp³-hybridized carbons (Fsp3) is 0.208. The van der Waals surface area contributed by atoms with Crippen LogP contribution in [0.15, 0.2) is 70.4 Å². The van der Waals surface area contributed by atoms with Crippen LogP contribution in [0.4, 0.5) is 9.41 Å². The van der Waals surface area contributed by atoms with Crippen molar-refractivity contribution in [2.45, 2.75) is 34.1 Å². The maximum absolute atomic E-state index is 6.63. The maximum Gasteiger partial charge on any atom is 0.234 e. The van der Waals surface area contributed by atoms with Crippen LogP contribution in [-0.4, -0.2) is 18.2 Å². The van der Waals surface area contributed by atoms with E-state index in [1.54, 1.807) is 0 Å². The van der Waals surface area contributed by atoms with E-state index in [4.69, 9.17) is 13.0 Å². The second kappa shape index (κ2) is 8.60. The molecule has 3 aromatic rings. The molecule has 0 aliphatic carbocycles. The monoisotopic (exact) mass is 390 g/mol. The highest BCUT2D eigenvalue weighted by atomic mass is 19.0. The summed E-state index contributed by atoms with van der Waals surface area (Å²) in [5.41, 5.74) is 9.08. The Morgan fingerprint density at radius 1 is 0.966 bits per heavy atom. The summed E-state index contributed by atoms with van der Waals surface area (Å²) in [5, 5.41) is 2.31. The van der Waals surface area contributed by atoms with Crippen molar-refractivity contribution in [1.82, 2.24) is 4.48 Å². The van der Waals surface area contributed by atoms with E-state index >= 15 is 0 Å². The Balaban J connectivity index is 0.00000150. The van der Waals surface area contributed by atoms with Gasteiger partial charge in [0.2, 0.25) is 7.98 Å². The molecule has 1 aromatic heterocycles. The van der Waals surface area contributed by atoms with Gasteiger partial charge in [0, 0.05) is 27.9 Å². The van der Waals surface area contributed by atoms with E-state index in [1.165, 1.54) is 16.7 Å². The summed E-state index contributed by atoms with van der Waals surface area (Å²) >= 11 is 0. The molecule has 4 rings (SSSR count). The van der Waals surface area contributed by atoms with Crippen LogP contribution in [-0.2, 0) is 0 Å². The molecule has 2 heterocycles. The van der Waals surface area contributed by atoms with Gasteiger partial charge in [-0.05, 0) is 56.0 Å². The summed E-state index contributed by atoms with van der Waals surface area (Å²) in [6, 6.07) is 16.9. The third-order valence-electron chi connectivity index (χ3n) is 5.44. The standard InChI is InChI=1S/C24H23BN2.2FH/c1-5-19-16(3)22(26-17(19)4)14-23-20-11-6-7-12-21(20)24(27(23)25)18-10-8-9-15(2)13-18;;/h6-14H,5H2,1-4H3;2*1H/b22-14-;;. The van der Waals surface area contributed by atoms with Crippen molar-refractivity contribution < 1.29 is 9.41 Å². The number of rotatable bonds is 3. The molecule has 0 fully saturated rings. The van der Waals surface area contributed by atoms with E-state index in [0.29, 0.717) is 0 Å². The molecule has 5 heteroatoms. The Labute approximate surface area is 171 Å². The Hall–Kier alpha value is -2.95. The van der Waals surface area contributed by atoms with Crippen LogP contribution in [0.25, 0.3) is 28.1 Å². The molecular formula is C24H25BF2N2. The highest BCUT2D eigenvalue weighted by Gasteiger charge is 2.19. The fourth-order valence-corrected chi connectivity index (χ4v) is 4.08. The molecule has 2 nitrogen and oxygen atoms in total. The highest BCUT2D eigenvalue weighted by molar-refractivity contribution is 6.17. The van der Waals surface area contributed by atoms with E-state index in [9.17, 15) is 0 Å². The fourth-order valence-electron chi connectivity index (χ4n) is 4.08. The summed E-state index contributed by atoms with van der Waals surface area (Å²) in [6.07, 6.45) is 3.13. The molecule has 0 unspecified atom stereocenters. The number of benzene rings is 2. The van der Waals surface area contributed by atoms with Crippen molar-refractivity contribution in [2.24, 2.45) is 4.99 Å². The van der Waals surface area contributed by atoms with Gasteiger partial charge in [-0.15, -0.1) is 0 Å². The molecule has 148 valence electrons. The number of hydrogen-bond donors (Lipinski definition) is 0. The molecular weight excluding hydrogens is 365 g/mol. The quantitative estimate of drug-likeness (QED) is 0.461. The number of aliphatic imine (C=N–C) groups is 1. The summed E-state index contributed by atoms with van der Waals surface area (Å²) in [5.74, 6) is 0. The SMILES string of the molecule is F.F.[B]n1c(/C=C2\N=C(C)C(CC)=C2C)c2ccccc2c1-c1cccc(C)c1. The average molecular weight is 390 g/mol. The van der Waals surface area contributed by atoms with E-state index in [-0.39, 0.29) is 9.41 Å². The molecule has 0 amide bonds. The van der Waals surface area contributed by atoms with Gasteiger partial charge in [-0.25, -0.2) is 0 Å². The van der Waals surface area contributed by atoms with Crippen LogP contribution in [0.3, 0.4) is 0 Å². The van der Waals surface area contributed by atoms with Gasteiger partial charge in [-0.3, -0.25) is 14.4 Å². The van der Waals surface area contributed by atoms with Crippen LogP contribution in [0.2, 0.25) is 0 Å². The maximum atomic E-state index is 6.63. The number of hydrogen-bond acceptors (Lipinski definition) is 1. The van der Waals surface area contributed by atoms with Gasteiger partial charge in [0.05, 0.1) is 5.70 Å². The minimum atomic E-state index is 0. The lowest BCUT2D eigenvalue weighted by molar-refractivity contribution is 1.11. The molecule has 29 heavy (non-hydrogen) atoms. The highest BCUT2D eigenvalue weighted by Crippen LogP contribution is 2.36. The van der Waals surface area contributed by atoms with Gasteiger partial charge in [0.15, 0.2) is 0 Å². The van der Waals surface area contributed by atoms with Crippen molar-refractivity contribution >= 4 is 30.5 Å². The topological polar surface area (TPSA) is 17.3 Å². The zero-order chi connectivity index (χ0) is 19.1. The molecule has 2 aromatic carbocycles. The number of aromatic nitrogens is 1. The van der Waals surface area contributed by atoms with E-state index in [0.717, 1.165) is 45.6 Å². The first kappa shape index (κ1) is 22.3. The van der Waals surface area contributed by atoms with Crippen LogP contribution in [0.5, 0.6) is 0 Å². The second-order valence-electron chi connectivity index (χ2n) is 7.20. The first-order chi connectivity index (χ1) is 13.0. The third-order valence-corrected chi connectivity index (χ3v) is 5.44. The number of halogens is 2. The molecule has 0 N–H and O–H groups in total. The Morgan fingerprint density at radius 3 is 2.28 bits per heavy atom. The Kier molecular flexibility index (Phi) is 6.63. The predicted molar refractivity (Wildman–Crippen MR) is 122 cm³/mol. The van der Waals surface area contributed by atoms with Crippen LogP contribution >= 0.6 is 0 Å². The lowest BCUT2D eigenvalue weighted by atomic mass is 10.0. The minimum absolute atomic E-state index is 0. The van der Waals surface area contributed by atoms with Gasteiger partial charge in [-0.2, -0.15) is 0 Å². The Morgan fingerprint density at radius 2 is 1.66 bits per heavy atom. The molecule has 1 aliphatic heterocycles. The number of allylic oxidation sites excluding steroid dienone is 2. The summed E-state index contributed by atoms with van der Waals surface area (Å²) in [4.78, 5) is 4.80. The lowest BCUT2D eigenvalue weighted by Crippen LogP contribution is -1.98. The summed E-state index contributed by atoms with van der Waals surface area (Å²) in [6.45, 7) is 8.52. The minimum Gasteiger partial charge on any atom is -0.396 e. The van der Waals surface area contributed by atoms with Crippen LogP contribution < -0.4 is 0 Å². The molecule has 0 atom stereocenters. The first-order valence-electron chi connectivity index (χ1n) is 9.44. The largest absolute Gasteiger partial charge is 0.396 e. The first-order valence-corrected chi connectivity index (χ1v) is 9.44. The molecule has 0 bridgehead atoms. The number of aryl methyl sites for hydroxylation is 1. The van der Waals surface area contributed by atoms with E-state index < -0.39 is 0 Å². The van der Waals surface area contributed by atoms with Crippen molar-refractivity contribution in [3.63, 3.8) is 0 Å². The summed E-state index contributed by atoms with van der Waals surface area (Å²) in [7, 11) is 6.63. The average Bonchev–Trinajstić information content (AvgIpc) is 3.08. The van der Waals surface area contributed by atoms with Gasteiger partial charge >= 0.3 is 0 Å². The molecule has 2 radical (unpaired) electrons. The number of fused-ring (bicyclic) bond motifs is 1. The van der Waals surface area contributed by atoms with Crippen LogP contribution in [0, 0.1) is 6.92 Å². The van der Waals surface area contributed by atoms with Gasteiger partial charge in [0.1, 0.15) is 0 Å². The van der Waals surface area contributed by atoms with Crippen molar-refractivity contribution in [3.8, 4) is 11.3 Å². The third kappa shape index (κ3) is 3.69. The van der Waals surface area contributed by atoms with E-state index in [2.05, 4.69) is 82.3 Å². The lowest BCUT2D eigenvalue weighted by Gasteiger charge is -2.08. The van der Waals surface area contributed by atoms with E-state index in [1.807, 2.05) is 4.48 Å². The zero-order valence-electron chi connectivity index (χ0n) is 17.2. The smallest absolute Gasteiger partial charge is 0.234 e.